The monoisotopic (exact) mass is 373 g/mol. The lowest BCUT2D eigenvalue weighted by molar-refractivity contribution is -0.119. The largest absolute Gasteiger partial charge is 0.462 e. The predicted octanol–water partition coefficient (Wildman–Crippen LogP) is 3.43. The minimum Gasteiger partial charge on any atom is -0.462 e. The SMILES string of the molecule is CC(C)COC(=O)c1ccc(NC(=O)COC(=O)c2ccccc2F)cc1. The van der Waals surface area contributed by atoms with Crippen LogP contribution in [-0.2, 0) is 14.3 Å². The van der Waals surface area contributed by atoms with Crippen molar-refractivity contribution in [3.8, 4) is 0 Å². The Kier molecular flexibility index (Phi) is 7.05. The summed E-state index contributed by atoms with van der Waals surface area (Å²) in [5, 5.41) is 2.52. The average Bonchev–Trinajstić information content (AvgIpc) is 2.65. The molecular formula is C20H20FNO5. The van der Waals surface area contributed by atoms with Crippen molar-refractivity contribution in [2.75, 3.05) is 18.5 Å². The fourth-order valence-corrected chi connectivity index (χ4v) is 2.05. The molecule has 0 fully saturated rings. The van der Waals surface area contributed by atoms with Gasteiger partial charge in [-0.05, 0) is 42.3 Å². The number of carbonyl (C=O) groups is 3. The standard InChI is InChI=1S/C20H20FNO5/c1-13(2)11-26-19(24)14-7-9-15(10-8-14)22-18(23)12-27-20(25)16-5-3-4-6-17(16)21/h3-10,13H,11-12H2,1-2H3,(H,22,23). The van der Waals surface area contributed by atoms with Gasteiger partial charge in [0.15, 0.2) is 6.61 Å². The Bertz CT molecular complexity index is 817. The minimum atomic E-state index is -0.925. The lowest BCUT2D eigenvalue weighted by Gasteiger charge is -2.09. The molecule has 0 aliphatic rings. The molecule has 0 heterocycles. The number of esters is 2. The van der Waals surface area contributed by atoms with Crippen molar-refractivity contribution in [2.45, 2.75) is 13.8 Å². The van der Waals surface area contributed by atoms with Crippen LogP contribution >= 0.6 is 0 Å². The van der Waals surface area contributed by atoms with E-state index in [0.29, 0.717) is 17.9 Å². The summed E-state index contributed by atoms with van der Waals surface area (Å²) in [5.74, 6) is -2.44. The number of carbonyl (C=O) groups excluding carboxylic acids is 3. The van der Waals surface area contributed by atoms with Crippen molar-refractivity contribution in [2.24, 2.45) is 5.92 Å². The molecule has 0 aliphatic carbocycles. The summed E-state index contributed by atoms with van der Waals surface area (Å²) in [5.41, 5.74) is 0.538. The van der Waals surface area contributed by atoms with E-state index >= 15 is 0 Å². The van der Waals surface area contributed by atoms with E-state index in [9.17, 15) is 18.8 Å². The zero-order valence-electron chi connectivity index (χ0n) is 15.0. The molecule has 1 N–H and O–H groups in total. The van der Waals surface area contributed by atoms with E-state index in [2.05, 4.69) is 5.32 Å². The van der Waals surface area contributed by atoms with Crippen molar-refractivity contribution in [1.82, 2.24) is 0 Å². The van der Waals surface area contributed by atoms with Crippen LogP contribution in [0.5, 0.6) is 0 Å². The van der Waals surface area contributed by atoms with E-state index in [0.717, 1.165) is 6.07 Å². The molecule has 0 spiro atoms. The predicted molar refractivity (Wildman–Crippen MR) is 96.9 cm³/mol. The average molecular weight is 373 g/mol. The smallest absolute Gasteiger partial charge is 0.341 e. The molecule has 0 aliphatic heterocycles. The van der Waals surface area contributed by atoms with Gasteiger partial charge in [-0.3, -0.25) is 4.79 Å². The molecule has 0 saturated heterocycles. The van der Waals surface area contributed by atoms with Crippen LogP contribution in [0.3, 0.4) is 0 Å². The summed E-state index contributed by atoms with van der Waals surface area (Å²) < 4.78 is 23.4. The number of halogens is 1. The Morgan fingerprint density at radius 3 is 2.26 bits per heavy atom. The minimum absolute atomic E-state index is 0.236. The molecule has 1 amide bonds. The summed E-state index contributed by atoms with van der Waals surface area (Å²) in [7, 11) is 0. The van der Waals surface area contributed by atoms with Crippen LogP contribution in [0.1, 0.15) is 34.6 Å². The quantitative estimate of drug-likeness (QED) is 0.752. The highest BCUT2D eigenvalue weighted by atomic mass is 19.1. The third kappa shape index (κ3) is 6.22. The van der Waals surface area contributed by atoms with E-state index in [-0.39, 0.29) is 11.5 Å². The van der Waals surface area contributed by atoms with Gasteiger partial charge < -0.3 is 14.8 Å². The summed E-state index contributed by atoms with van der Waals surface area (Å²) >= 11 is 0. The maximum atomic E-state index is 13.5. The van der Waals surface area contributed by atoms with Gasteiger partial charge in [-0.2, -0.15) is 0 Å². The number of hydrogen-bond acceptors (Lipinski definition) is 5. The summed E-state index contributed by atoms with van der Waals surface area (Å²) in [6.07, 6.45) is 0. The maximum Gasteiger partial charge on any atom is 0.341 e. The molecule has 0 radical (unpaired) electrons. The number of ether oxygens (including phenoxy) is 2. The highest BCUT2D eigenvalue weighted by Crippen LogP contribution is 2.12. The third-order valence-electron chi connectivity index (χ3n) is 3.38. The Morgan fingerprint density at radius 2 is 1.63 bits per heavy atom. The van der Waals surface area contributed by atoms with Crippen molar-refractivity contribution >= 4 is 23.5 Å². The van der Waals surface area contributed by atoms with E-state index in [1.807, 2.05) is 13.8 Å². The second-order valence-corrected chi connectivity index (χ2v) is 6.17. The topological polar surface area (TPSA) is 81.7 Å². The maximum absolute atomic E-state index is 13.5. The molecule has 6 nitrogen and oxygen atoms in total. The summed E-state index contributed by atoms with van der Waals surface area (Å²) in [6.45, 7) is 3.63. The normalized spacial score (nSPS) is 10.4. The van der Waals surface area contributed by atoms with Gasteiger partial charge >= 0.3 is 11.9 Å². The highest BCUT2D eigenvalue weighted by Gasteiger charge is 2.14. The Balaban J connectivity index is 1.84. The molecule has 0 saturated carbocycles. The van der Waals surface area contributed by atoms with Gasteiger partial charge in [0.25, 0.3) is 5.91 Å². The molecule has 142 valence electrons. The molecule has 27 heavy (non-hydrogen) atoms. The zero-order chi connectivity index (χ0) is 19.8. The van der Waals surface area contributed by atoms with Gasteiger partial charge in [-0.25, -0.2) is 14.0 Å². The van der Waals surface area contributed by atoms with Crippen LogP contribution in [-0.4, -0.2) is 31.1 Å². The summed E-state index contributed by atoms with van der Waals surface area (Å²) in [4.78, 5) is 35.4. The van der Waals surface area contributed by atoms with Crippen LogP contribution in [0.15, 0.2) is 48.5 Å². The second-order valence-electron chi connectivity index (χ2n) is 6.17. The first-order chi connectivity index (χ1) is 12.9. The number of hydrogen-bond donors (Lipinski definition) is 1. The van der Waals surface area contributed by atoms with Crippen molar-refractivity contribution in [3.05, 3.63) is 65.5 Å². The molecule has 2 aromatic rings. The van der Waals surface area contributed by atoms with Gasteiger partial charge in [-0.15, -0.1) is 0 Å². The second kappa shape index (κ2) is 9.47. The number of nitrogens with one attached hydrogen (secondary N) is 1. The van der Waals surface area contributed by atoms with Crippen LogP contribution < -0.4 is 5.32 Å². The Hall–Kier alpha value is -3.22. The van der Waals surface area contributed by atoms with Crippen molar-refractivity contribution in [3.63, 3.8) is 0 Å². The molecular weight excluding hydrogens is 353 g/mol. The van der Waals surface area contributed by atoms with Gasteiger partial charge in [0, 0.05) is 5.69 Å². The van der Waals surface area contributed by atoms with E-state index in [1.54, 1.807) is 0 Å². The van der Waals surface area contributed by atoms with Crippen LogP contribution in [0.25, 0.3) is 0 Å². The van der Waals surface area contributed by atoms with E-state index < -0.39 is 30.3 Å². The first-order valence-electron chi connectivity index (χ1n) is 8.35. The highest BCUT2D eigenvalue weighted by molar-refractivity contribution is 5.96. The lowest BCUT2D eigenvalue weighted by atomic mass is 10.2. The lowest BCUT2D eigenvalue weighted by Crippen LogP contribution is -2.21. The van der Waals surface area contributed by atoms with Crippen LogP contribution in [0.2, 0.25) is 0 Å². The molecule has 0 bridgehead atoms. The summed E-state index contributed by atoms with van der Waals surface area (Å²) in [6, 6.07) is 11.4. The number of rotatable bonds is 7. The fourth-order valence-electron chi connectivity index (χ4n) is 2.05. The van der Waals surface area contributed by atoms with Crippen LogP contribution in [0.4, 0.5) is 10.1 Å². The Morgan fingerprint density at radius 1 is 0.963 bits per heavy atom. The van der Waals surface area contributed by atoms with Crippen molar-refractivity contribution in [1.29, 1.82) is 0 Å². The first-order valence-corrected chi connectivity index (χ1v) is 8.35. The molecule has 0 atom stereocenters. The zero-order valence-corrected chi connectivity index (χ0v) is 15.0. The molecule has 2 aromatic carbocycles. The first kappa shape index (κ1) is 20.1. The Labute approximate surface area is 156 Å². The fraction of sp³-hybridized carbons (Fsp3) is 0.250. The number of anilines is 1. The van der Waals surface area contributed by atoms with E-state index in [4.69, 9.17) is 9.47 Å². The number of benzene rings is 2. The molecule has 0 unspecified atom stereocenters. The van der Waals surface area contributed by atoms with Gasteiger partial charge in [0.2, 0.25) is 0 Å². The third-order valence-corrected chi connectivity index (χ3v) is 3.38. The molecule has 0 aromatic heterocycles. The molecule has 2 rings (SSSR count). The van der Waals surface area contributed by atoms with Gasteiger partial charge in [0.1, 0.15) is 5.82 Å². The van der Waals surface area contributed by atoms with E-state index in [1.165, 1.54) is 42.5 Å². The number of amides is 1. The van der Waals surface area contributed by atoms with Gasteiger partial charge in [0.05, 0.1) is 17.7 Å². The van der Waals surface area contributed by atoms with Gasteiger partial charge in [-0.1, -0.05) is 26.0 Å². The van der Waals surface area contributed by atoms with Crippen molar-refractivity contribution < 1.29 is 28.2 Å². The molecule has 7 heteroatoms. The van der Waals surface area contributed by atoms with Crippen LogP contribution in [0, 0.1) is 11.7 Å².